The average molecular weight is 353 g/mol. The number of alkyl halides is 3. The van der Waals surface area contributed by atoms with Crippen LogP contribution in [0.25, 0.3) is 5.57 Å². The first-order valence-corrected chi connectivity index (χ1v) is 8.05. The summed E-state index contributed by atoms with van der Waals surface area (Å²) in [7, 11) is 1.57. The summed E-state index contributed by atoms with van der Waals surface area (Å²) in [6.45, 7) is 1.39. The standard InChI is InChI=1S/C17H14F3NO2S/c1-9-5-6-10(8-11(9)17(18,19)20)13-14(22)15(23-16(13)21-2)12-4-3-7-24-12/h3-8,15,21H,1-2H3. The number of aryl methyl sites for hydroxylation is 1. The van der Waals surface area contributed by atoms with Gasteiger partial charge in [-0.05, 0) is 35.6 Å². The zero-order valence-corrected chi connectivity index (χ0v) is 13.7. The lowest BCUT2D eigenvalue weighted by atomic mass is 9.96. The molecule has 0 aliphatic carbocycles. The highest BCUT2D eigenvalue weighted by atomic mass is 32.1. The number of hydrogen-bond donors (Lipinski definition) is 1. The van der Waals surface area contributed by atoms with Gasteiger partial charge in [0.15, 0.2) is 12.0 Å². The van der Waals surface area contributed by atoms with Gasteiger partial charge in [0.25, 0.3) is 0 Å². The summed E-state index contributed by atoms with van der Waals surface area (Å²) in [4.78, 5) is 13.4. The number of rotatable bonds is 3. The van der Waals surface area contributed by atoms with E-state index in [9.17, 15) is 18.0 Å². The Hall–Kier alpha value is -2.28. The van der Waals surface area contributed by atoms with Crippen LogP contribution in [0, 0.1) is 6.92 Å². The van der Waals surface area contributed by atoms with Crippen LogP contribution in [-0.4, -0.2) is 12.8 Å². The smallest absolute Gasteiger partial charge is 0.416 e. The second-order valence-electron chi connectivity index (χ2n) is 5.36. The lowest BCUT2D eigenvalue weighted by molar-refractivity contribution is -0.138. The number of ether oxygens (including phenoxy) is 1. The fourth-order valence-corrected chi connectivity index (χ4v) is 3.39. The minimum atomic E-state index is -4.48. The topological polar surface area (TPSA) is 38.3 Å². The van der Waals surface area contributed by atoms with Crippen molar-refractivity contribution in [3.05, 3.63) is 63.2 Å². The zero-order valence-electron chi connectivity index (χ0n) is 12.9. The molecule has 0 fully saturated rings. The number of benzene rings is 1. The molecule has 0 saturated carbocycles. The monoisotopic (exact) mass is 353 g/mol. The molecular formula is C17H14F3NO2S. The molecule has 0 bridgehead atoms. The molecule has 3 rings (SSSR count). The molecular weight excluding hydrogens is 339 g/mol. The van der Waals surface area contributed by atoms with E-state index in [1.807, 2.05) is 5.38 Å². The summed E-state index contributed by atoms with van der Waals surface area (Å²) in [6, 6.07) is 7.43. The van der Waals surface area contributed by atoms with E-state index in [0.29, 0.717) is 4.88 Å². The highest BCUT2D eigenvalue weighted by Crippen LogP contribution is 2.40. The van der Waals surface area contributed by atoms with Gasteiger partial charge < -0.3 is 10.1 Å². The van der Waals surface area contributed by atoms with Crippen molar-refractivity contribution >= 4 is 22.7 Å². The first-order valence-electron chi connectivity index (χ1n) is 7.17. The Labute approximate surface area is 140 Å². The summed E-state index contributed by atoms with van der Waals surface area (Å²) in [5.74, 6) is -0.158. The minimum Gasteiger partial charge on any atom is -0.461 e. The fraction of sp³-hybridized carbons (Fsp3) is 0.235. The van der Waals surface area contributed by atoms with Gasteiger partial charge in [-0.15, -0.1) is 11.3 Å². The second-order valence-corrected chi connectivity index (χ2v) is 6.34. The van der Waals surface area contributed by atoms with E-state index in [1.165, 1.54) is 30.4 Å². The Morgan fingerprint density at radius 2 is 2.00 bits per heavy atom. The normalized spacial score (nSPS) is 18.0. The third kappa shape index (κ3) is 2.80. The average Bonchev–Trinajstić information content (AvgIpc) is 3.14. The zero-order chi connectivity index (χ0) is 17.5. The maximum absolute atomic E-state index is 13.1. The fourth-order valence-electron chi connectivity index (χ4n) is 2.64. The van der Waals surface area contributed by atoms with Crippen molar-refractivity contribution in [2.45, 2.75) is 19.2 Å². The van der Waals surface area contributed by atoms with Crippen LogP contribution in [-0.2, 0) is 15.7 Å². The summed E-state index contributed by atoms with van der Waals surface area (Å²) in [6.07, 6.45) is -5.30. The van der Waals surface area contributed by atoms with Crippen molar-refractivity contribution in [1.82, 2.24) is 5.32 Å². The van der Waals surface area contributed by atoms with Crippen molar-refractivity contribution in [2.24, 2.45) is 0 Å². The largest absolute Gasteiger partial charge is 0.461 e. The number of halogens is 3. The van der Waals surface area contributed by atoms with Crippen LogP contribution in [0.4, 0.5) is 13.2 Å². The van der Waals surface area contributed by atoms with Gasteiger partial charge in [-0.2, -0.15) is 13.2 Å². The van der Waals surface area contributed by atoms with E-state index >= 15 is 0 Å². The molecule has 1 N–H and O–H groups in total. The van der Waals surface area contributed by atoms with Gasteiger partial charge >= 0.3 is 6.18 Å². The molecule has 1 aromatic carbocycles. The van der Waals surface area contributed by atoms with E-state index < -0.39 is 17.8 Å². The number of ketones is 1. The molecule has 1 aromatic heterocycles. The first-order chi connectivity index (χ1) is 11.3. The highest BCUT2D eigenvalue weighted by Gasteiger charge is 2.39. The van der Waals surface area contributed by atoms with Gasteiger partial charge in [0.05, 0.1) is 16.0 Å². The van der Waals surface area contributed by atoms with Crippen molar-refractivity contribution in [1.29, 1.82) is 0 Å². The molecule has 1 atom stereocenters. The second kappa shape index (κ2) is 5.98. The molecule has 0 spiro atoms. The number of Topliss-reactive ketones (excluding diaryl/α,β-unsaturated/α-hetero) is 1. The summed E-state index contributed by atoms with van der Waals surface area (Å²) >= 11 is 1.36. The molecule has 0 saturated heterocycles. The molecule has 24 heavy (non-hydrogen) atoms. The molecule has 0 radical (unpaired) electrons. The van der Waals surface area contributed by atoms with Crippen molar-refractivity contribution in [3.63, 3.8) is 0 Å². The predicted octanol–water partition coefficient (Wildman–Crippen LogP) is 4.30. The van der Waals surface area contributed by atoms with Gasteiger partial charge in [0.1, 0.15) is 0 Å². The number of hydrogen-bond acceptors (Lipinski definition) is 4. The number of carbonyl (C=O) groups is 1. The Bertz CT molecular complexity index is 810. The third-order valence-electron chi connectivity index (χ3n) is 3.81. The van der Waals surface area contributed by atoms with Crippen LogP contribution in [0.5, 0.6) is 0 Å². The Morgan fingerprint density at radius 1 is 1.25 bits per heavy atom. The maximum atomic E-state index is 13.1. The first kappa shape index (κ1) is 16.6. The van der Waals surface area contributed by atoms with E-state index in [1.54, 1.807) is 19.2 Å². The van der Waals surface area contributed by atoms with Crippen LogP contribution in [0.2, 0.25) is 0 Å². The molecule has 1 unspecified atom stereocenters. The molecule has 7 heteroatoms. The van der Waals surface area contributed by atoms with Gasteiger partial charge in [-0.25, -0.2) is 0 Å². The van der Waals surface area contributed by atoms with Gasteiger partial charge in [-0.1, -0.05) is 18.2 Å². The van der Waals surface area contributed by atoms with Crippen LogP contribution in [0.1, 0.15) is 27.7 Å². The Kier molecular flexibility index (Phi) is 4.13. The highest BCUT2D eigenvalue weighted by molar-refractivity contribution is 7.10. The summed E-state index contributed by atoms with van der Waals surface area (Å²) in [5, 5.41) is 4.58. The number of carbonyl (C=O) groups excluding carboxylic acids is 1. The van der Waals surface area contributed by atoms with E-state index in [0.717, 1.165) is 6.07 Å². The minimum absolute atomic E-state index is 0.110. The van der Waals surface area contributed by atoms with Crippen LogP contribution >= 0.6 is 11.3 Å². The van der Waals surface area contributed by atoms with E-state index in [-0.39, 0.29) is 28.4 Å². The van der Waals surface area contributed by atoms with Gasteiger partial charge in [0.2, 0.25) is 5.78 Å². The molecule has 2 aromatic rings. The Balaban J connectivity index is 2.06. The van der Waals surface area contributed by atoms with Crippen molar-refractivity contribution in [3.8, 4) is 0 Å². The lowest BCUT2D eigenvalue weighted by Gasteiger charge is -2.12. The summed E-state index contributed by atoms with van der Waals surface area (Å²) in [5.41, 5.74) is -0.308. The van der Waals surface area contributed by atoms with Gasteiger partial charge in [0, 0.05) is 7.05 Å². The molecule has 1 aliphatic rings. The quantitative estimate of drug-likeness (QED) is 0.894. The van der Waals surface area contributed by atoms with Crippen LogP contribution in [0.3, 0.4) is 0 Å². The Morgan fingerprint density at radius 3 is 2.58 bits per heavy atom. The molecule has 2 heterocycles. The SMILES string of the molecule is CNC1=C(c2ccc(C)c(C(F)(F)F)c2)C(=O)C(c2cccs2)O1. The number of thiophene rings is 1. The maximum Gasteiger partial charge on any atom is 0.416 e. The number of nitrogens with one attached hydrogen (secondary N) is 1. The van der Waals surface area contributed by atoms with E-state index in [2.05, 4.69) is 5.32 Å². The lowest BCUT2D eigenvalue weighted by Crippen LogP contribution is -2.11. The molecule has 0 amide bonds. The van der Waals surface area contributed by atoms with E-state index in [4.69, 9.17) is 4.74 Å². The molecule has 3 nitrogen and oxygen atoms in total. The molecule has 126 valence electrons. The van der Waals surface area contributed by atoms with Crippen LogP contribution < -0.4 is 5.32 Å². The van der Waals surface area contributed by atoms with Crippen LogP contribution in [0.15, 0.2) is 41.6 Å². The predicted molar refractivity (Wildman–Crippen MR) is 85.3 cm³/mol. The summed E-state index contributed by atoms with van der Waals surface area (Å²) < 4.78 is 45.1. The van der Waals surface area contributed by atoms with Crippen molar-refractivity contribution in [2.75, 3.05) is 7.05 Å². The molecule has 1 aliphatic heterocycles. The van der Waals surface area contributed by atoms with Crippen molar-refractivity contribution < 1.29 is 22.7 Å². The van der Waals surface area contributed by atoms with Gasteiger partial charge in [-0.3, -0.25) is 4.79 Å². The third-order valence-corrected chi connectivity index (χ3v) is 4.72.